The van der Waals surface area contributed by atoms with E-state index in [4.69, 9.17) is 5.84 Å². The topological polar surface area (TPSA) is 29.3 Å². The number of fused-ring (bicyclic) bond motifs is 1. The molecule has 0 spiro atoms. The molecule has 1 aliphatic rings. The number of nitrogens with two attached hydrogens (primary N) is 1. The number of hydrogen-bond acceptors (Lipinski definition) is 2. The molecule has 1 aromatic carbocycles. The Morgan fingerprint density at radius 2 is 2.00 bits per heavy atom. The Kier molecular flexibility index (Phi) is 1.44. The summed E-state index contributed by atoms with van der Waals surface area (Å²) in [5, 5.41) is 1.84. The van der Waals surface area contributed by atoms with Gasteiger partial charge in [0.15, 0.2) is 0 Å². The molecule has 0 aromatic heterocycles. The predicted molar refractivity (Wildman–Crippen MR) is 44.6 cm³/mol. The van der Waals surface area contributed by atoms with Crippen LogP contribution in [-0.4, -0.2) is 5.01 Å². The summed E-state index contributed by atoms with van der Waals surface area (Å²) < 4.78 is 0. The molecule has 2 N–H and O–H groups in total. The van der Waals surface area contributed by atoms with Crippen LogP contribution in [0.5, 0.6) is 0 Å². The van der Waals surface area contributed by atoms with Gasteiger partial charge in [0.2, 0.25) is 0 Å². The molecule has 1 aliphatic heterocycles. The van der Waals surface area contributed by atoms with Crippen molar-refractivity contribution in [3.05, 3.63) is 34.9 Å². The monoisotopic (exact) mass is 148 g/mol. The van der Waals surface area contributed by atoms with Gasteiger partial charge in [-0.25, -0.2) is 5.01 Å². The van der Waals surface area contributed by atoms with Crippen LogP contribution in [0.25, 0.3) is 0 Å². The Morgan fingerprint density at radius 1 is 1.27 bits per heavy atom. The van der Waals surface area contributed by atoms with E-state index in [-0.39, 0.29) is 0 Å². The molecule has 0 atom stereocenters. The molecule has 0 radical (unpaired) electrons. The highest BCUT2D eigenvalue weighted by molar-refractivity contribution is 5.33. The highest BCUT2D eigenvalue weighted by atomic mass is 15.4. The zero-order chi connectivity index (χ0) is 7.84. The van der Waals surface area contributed by atoms with Crippen molar-refractivity contribution >= 4 is 0 Å². The van der Waals surface area contributed by atoms with E-state index >= 15 is 0 Å². The maximum Gasteiger partial charge on any atom is 0.0386 e. The van der Waals surface area contributed by atoms with Gasteiger partial charge in [0.05, 0.1) is 0 Å². The number of benzene rings is 1. The molecular formula is C9H12N2. The smallest absolute Gasteiger partial charge is 0.0386 e. The standard InChI is InChI=1S/C9H12N2/c1-7-2-3-8-5-11(10)6-9(8)4-7/h2-4H,5-6,10H2,1H3. The molecule has 2 rings (SSSR count). The molecule has 0 saturated heterocycles. The van der Waals surface area contributed by atoms with E-state index < -0.39 is 0 Å². The third-order valence-electron chi connectivity index (χ3n) is 2.11. The molecule has 0 aliphatic carbocycles. The number of nitrogens with zero attached hydrogens (tertiary/aromatic N) is 1. The summed E-state index contributed by atoms with van der Waals surface area (Å²) in [5.74, 6) is 5.67. The van der Waals surface area contributed by atoms with Crippen LogP contribution in [0.2, 0.25) is 0 Å². The average Bonchev–Trinajstić information content (AvgIpc) is 2.27. The van der Waals surface area contributed by atoms with Crippen LogP contribution >= 0.6 is 0 Å². The molecule has 2 nitrogen and oxygen atoms in total. The zero-order valence-corrected chi connectivity index (χ0v) is 6.67. The van der Waals surface area contributed by atoms with Crippen LogP contribution in [-0.2, 0) is 13.1 Å². The molecule has 1 aromatic rings. The van der Waals surface area contributed by atoms with Crippen molar-refractivity contribution in [3.63, 3.8) is 0 Å². The minimum atomic E-state index is 0.898. The largest absolute Gasteiger partial charge is 0.268 e. The first kappa shape index (κ1) is 6.83. The molecule has 0 amide bonds. The summed E-state index contributed by atoms with van der Waals surface area (Å²) in [6, 6.07) is 6.51. The van der Waals surface area contributed by atoms with E-state index in [1.165, 1.54) is 16.7 Å². The van der Waals surface area contributed by atoms with Crippen LogP contribution in [0.4, 0.5) is 0 Å². The van der Waals surface area contributed by atoms with Gasteiger partial charge in [0, 0.05) is 13.1 Å². The summed E-state index contributed by atoms with van der Waals surface area (Å²) >= 11 is 0. The van der Waals surface area contributed by atoms with Gasteiger partial charge in [-0.15, -0.1) is 0 Å². The van der Waals surface area contributed by atoms with Crippen LogP contribution in [0.3, 0.4) is 0 Å². The first-order valence-corrected chi connectivity index (χ1v) is 3.84. The zero-order valence-electron chi connectivity index (χ0n) is 6.67. The highest BCUT2D eigenvalue weighted by Crippen LogP contribution is 2.20. The van der Waals surface area contributed by atoms with Crippen molar-refractivity contribution in [1.29, 1.82) is 0 Å². The third kappa shape index (κ3) is 1.15. The second-order valence-electron chi connectivity index (χ2n) is 3.18. The molecule has 1 heterocycles. The van der Waals surface area contributed by atoms with E-state index in [9.17, 15) is 0 Å². The van der Waals surface area contributed by atoms with Gasteiger partial charge in [-0.2, -0.15) is 0 Å². The van der Waals surface area contributed by atoms with Crippen LogP contribution < -0.4 is 5.84 Å². The fraction of sp³-hybridized carbons (Fsp3) is 0.333. The second kappa shape index (κ2) is 2.32. The van der Waals surface area contributed by atoms with Gasteiger partial charge >= 0.3 is 0 Å². The quantitative estimate of drug-likeness (QED) is 0.560. The van der Waals surface area contributed by atoms with Gasteiger partial charge in [0.25, 0.3) is 0 Å². The molecule has 11 heavy (non-hydrogen) atoms. The molecular weight excluding hydrogens is 136 g/mol. The molecule has 58 valence electrons. The Labute approximate surface area is 66.6 Å². The van der Waals surface area contributed by atoms with E-state index in [0.717, 1.165) is 13.1 Å². The summed E-state index contributed by atoms with van der Waals surface area (Å²) in [5.41, 5.74) is 4.07. The molecule has 0 bridgehead atoms. The summed E-state index contributed by atoms with van der Waals surface area (Å²) in [4.78, 5) is 0. The van der Waals surface area contributed by atoms with E-state index in [0.29, 0.717) is 0 Å². The highest BCUT2D eigenvalue weighted by Gasteiger charge is 2.14. The minimum Gasteiger partial charge on any atom is -0.268 e. The van der Waals surface area contributed by atoms with E-state index in [2.05, 4.69) is 25.1 Å². The van der Waals surface area contributed by atoms with Crippen LogP contribution in [0, 0.1) is 6.92 Å². The Balaban J connectivity index is 2.43. The first-order valence-electron chi connectivity index (χ1n) is 3.84. The summed E-state index contributed by atoms with van der Waals surface area (Å²) in [7, 11) is 0. The molecule has 0 unspecified atom stereocenters. The van der Waals surface area contributed by atoms with Gasteiger partial charge in [-0.1, -0.05) is 23.8 Å². The lowest BCUT2D eigenvalue weighted by Crippen LogP contribution is -2.23. The molecule has 0 saturated carbocycles. The maximum absolute atomic E-state index is 5.67. The molecule has 2 heteroatoms. The number of hydrazine groups is 1. The lowest BCUT2D eigenvalue weighted by atomic mass is 10.1. The Morgan fingerprint density at radius 3 is 2.82 bits per heavy atom. The minimum absolute atomic E-state index is 0.898. The average molecular weight is 148 g/mol. The fourth-order valence-corrected chi connectivity index (χ4v) is 1.55. The van der Waals surface area contributed by atoms with E-state index in [1.807, 2.05) is 5.01 Å². The van der Waals surface area contributed by atoms with Crippen molar-refractivity contribution in [2.45, 2.75) is 20.0 Å². The SMILES string of the molecule is Cc1ccc2c(c1)CN(N)C2. The van der Waals surface area contributed by atoms with Crippen molar-refractivity contribution in [2.24, 2.45) is 5.84 Å². The number of aryl methyl sites for hydroxylation is 1. The van der Waals surface area contributed by atoms with Crippen LogP contribution in [0.1, 0.15) is 16.7 Å². The number of hydrogen-bond donors (Lipinski definition) is 1. The van der Waals surface area contributed by atoms with Crippen molar-refractivity contribution < 1.29 is 0 Å². The summed E-state index contributed by atoms with van der Waals surface area (Å²) in [6.07, 6.45) is 0. The first-order chi connectivity index (χ1) is 5.25. The lowest BCUT2D eigenvalue weighted by molar-refractivity contribution is 0.295. The maximum atomic E-state index is 5.67. The fourth-order valence-electron chi connectivity index (χ4n) is 1.55. The Bertz CT molecular complexity index is 281. The van der Waals surface area contributed by atoms with Gasteiger partial charge in [-0.3, -0.25) is 5.84 Å². The van der Waals surface area contributed by atoms with Crippen molar-refractivity contribution in [2.75, 3.05) is 0 Å². The lowest BCUT2D eigenvalue weighted by Gasteiger charge is -2.02. The second-order valence-corrected chi connectivity index (χ2v) is 3.18. The normalized spacial score (nSPS) is 16.9. The predicted octanol–water partition coefficient (Wildman–Crippen LogP) is 1.18. The van der Waals surface area contributed by atoms with Crippen LogP contribution in [0.15, 0.2) is 18.2 Å². The third-order valence-corrected chi connectivity index (χ3v) is 2.11. The Hall–Kier alpha value is -0.860. The summed E-state index contributed by atoms with van der Waals surface area (Å²) in [6.45, 7) is 3.91. The van der Waals surface area contributed by atoms with Crippen molar-refractivity contribution in [3.8, 4) is 0 Å². The van der Waals surface area contributed by atoms with E-state index in [1.54, 1.807) is 0 Å². The number of rotatable bonds is 0. The van der Waals surface area contributed by atoms with Crippen molar-refractivity contribution in [1.82, 2.24) is 5.01 Å². The van der Waals surface area contributed by atoms with Gasteiger partial charge in [0.1, 0.15) is 0 Å². The molecule has 0 fully saturated rings. The van der Waals surface area contributed by atoms with Gasteiger partial charge < -0.3 is 0 Å². The van der Waals surface area contributed by atoms with Gasteiger partial charge in [-0.05, 0) is 18.1 Å².